The Balaban J connectivity index is 1.57. The van der Waals surface area contributed by atoms with Crippen LogP contribution in [0.3, 0.4) is 0 Å². The summed E-state index contributed by atoms with van der Waals surface area (Å²) in [6, 6.07) is 9.43. The number of carbonyl (C=O) groups is 1. The molecule has 1 saturated heterocycles. The molecule has 1 saturated carbocycles. The van der Waals surface area contributed by atoms with E-state index in [2.05, 4.69) is 50.9 Å². The molecule has 0 spiro atoms. The summed E-state index contributed by atoms with van der Waals surface area (Å²) in [7, 11) is 0. The molecule has 1 aromatic carbocycles. The Morgan fingerprint density at radius 2 is 1.84 bits per heavy atom. The largest absolute Gasteiger partial charge is 0.444 e. The molecule has 4 rings (SSSR count). The molecule has 1 unspecified atom stereocenters. The maximum atomic E-state index is 12.8. The molecule has 2 heterocycles. The minimum Gasteiger partial charge on any atom is -0.444 e. The van der Waals surface area contributed by atoms with Crippen LogP contribution in [-0.2, 0) is 17.7 Å². The number of nitrogens with zero attached hydrogens (tertiary/aromatic N) is 5. The molecule has 1 amide bonds. The van der Waals surface area contributed by atoms with Gasteiger partial charge in [0.05, 0.1) is 12.6 Å². The van der Waals surface area contributed by atoms with Gasteiger partial charge >= 0.3 is 6.09 Å². The zero-order valence-corrected chi connectivity index (χ0v) is 19.5. The molecule has 0 N–H and O–H groups in total. The fourth-order valence-electron chi connectivity index (χ4n) is 4.30. The molecule has 7 heteroatoms. The molecule has 168 valence electrons. The second-order valence-electron chi connectivity index (χ2n) is 9.77. The molecule has 1 atom stereocenters. The summed E-state index contributed by atoms with van der Waals surface area (Å²) in [6.07, 6.45) is 3.20. The number of carbonyl (C=O) groups excluding carboxylic acids is 1. The van der Waals surface area contributed by atoms with E-state index < -0.39 is 5.60 Å². The predicted molar refractivity (Wildman–Crippen MR) is 120 cm³/mol. The highest BCUT2D eigenvalue weighted by atomic mass is 16.6. The average Bonchev–Trinajstić information content (AvgIpc) is 3.50. The number of aromatic nitrogens is 3. The van der Waals surface area contributed by atoms with Gasteiger partial charge in [-0.25, -0.2) is 4.79 Å². The number of amides is 1. The summed E-state index contributed by atoms with van der Waals surface area (Å²) >= 11 is 0. The summed E-state index contributed by atoms with van der Waals surface area (Å²) in [6.45, 7) is 12.7. The molecule has 2 fully saturated rings. The molecule has 0 radical (unpaired) electrons. The van der Waals surface area contributed by atoms with Crippen molar-refractivity contribution in [2.75, 3.05) is 19.6 Å². The summed E-state index contributed by atoms with van der Waals surface area (Å²) < 4.78 is 7.96. The van der Waals surface area contributed by atoms with Crippen molar-refractivity contribution in [3.8, 4) is 0 Å². The van der Waals surface area contributed by atoms with Gasteiger partial charge in [-0.05, 0) is 58.1 Å². The molecule has 7 nitrogen and oxygen atoms in total. The molecule has 1 aromatic heterocycles. The summed E-state index contributed by atoms with van der Waals surface area (Å²) in [4.78, 5) is 17.0. The minimum absolute atomic E-state index is 0.0943. The zero-order chi connectivity index (χ0) is 22.2. The number of hydrogen-bond acceptors (Lipinski definition) is 5. The third-order valence-corrected chi connectivity index (χ3v) is 6.11. The van der Waals surface area contributed by atoms with Gasteiger partial charge in [0.25, 0.3) is 0 Å². The van der Waals surface area contributed by atoms with E-state index in [1.54, 1.807) is 0 Å². The topological polar surface area (TPSA) is 63.5 Å². The van der Waals surface area contributed by atoms with E-state index in [0.29, 0.717) is 19.1 Å². The first-order valence-electron chi connectivity index (χ1n) is 11.5. The second-order valence-corrected chi connectivity index (χ2v) is 9.77. The Morgan fingerprint density at radius 3 is 2.45 bits per heavy atom. The minimum atomic E-state index is -0.495. The Morgan fingerprint density at radius 1 is 1.13 bits per heavy atom. The molecule has 2 aromatic rings. The molecule has 1 aliphatic heterocycles. The predicted octanol–water partition coefficient (Wildman–Crippen LogP) is 4.28. The first-order chi connectivity index (χ1) is 14.7. The number of aryl methyl sites for hydroxylation is 2. The van der Waals surface area contributed by atoms with Crippen molar-refractivity contribution in [2.24, 2.45) is 0 Å². The van der Waals surface area contributed by atoms with Crippen molar-refractivity contribution in [2.45, 2.75) is 78.1 Å². The highest BCUT2D eigenvalue weighted by molar-refractivity contribution is 5.68. The van der Waals surface area contributed by atoms with Crippen molar-refractivity contribution >= 4 is 6.09 Å². The van der Waals surface area contributed by atoms with Gasteiger partial charge in [0, 0.05) is 25.7 Å². The fourth-order valence-corrected chi connectivity index (χ4v) is 4.30. The van der Waals surface area contributed by atoms with Gasteiger partial charge in [0.15, 0.2) is 0 Å². The van der Waals surface area contributed by atoms with Crippen LogP contribution in [0.25, 0.3) is 0 Å². The van der Waals surface area contributed by atoms with Crippen LogP contribution in [0.1, 0.15) is 75.4 Å². The van der Waals surface area contributed by atoms with Crippen molar-refractivity contribution in [3.63, 3.8) is 0 Å². The fraction of sp³-hybridized carbons (Fsp3) is 0.625. The van der Waals surface area contributed by atoms with E-state index >= 15 is 0 Å². The smallest absolute Gasteiger partial charge is 0.410 e. The maximum Gasteiger partial charge on any atom is 0.410 e. The van der Waals surface area contributed by atoms with E-state index in [4.69, 9.17) is 4.74 Å². The average molecular weight is 426 g/mol. The van der Waals surface area contributed by atoms with Gasteiger partial charge in [0.2, 0.25) is 0 Å². The van der Waals surface area contributed by atoms with Crippen LogP contribution >= 0.6 is 0 Å². The number of hydrogen-bond donors (Lipinski definition) is 0. The van der Waals surface area contributed by atoms with Gasteiger partial charge < -0.3 is 14.2 Å². The lowest BCUT2D eigenvalue weighted by Crippen LogP contribution is -2.51. The molecule has 0 bridgehead atoms. The van der Waals surface area contributed by atoms with Gasteiger partial charge in [-0.3, -0.25) is 4.90 Å². The van der Waals surface area contributed by atoms with E-state index in [0.717, 1.165) is 31.2 Å². The lowest BCUT2D eigenvalue weighted by atomic mass is 10.00. The van der Waals surface area contributed by atoms with Crippen LogP contribution < -0.4 is 0 Å². The SMILES string of the molecule is CCc1ccc(C2CN(C(=O)OC(C)(C)C)CCN2Cc2nnc(C)n2C2CC2)cc1. The maximum absolute atomic E-state index is 12.8. The molecular formula is C24H35N5O2. The van der Waals surface area contributed by atoms with E-state index in [1.807, 2.05) is 32.6 Å². The summed E-state index contributed by atoms with van der Waals surface area (Å²) in [5, 5.41) is 8.84. The third kappa shape index (κ3) is 5.09. The zero-order valence-electron chi connectivity index (χ0n) is 19.5. The van der Waals surface area contributed by atoms with Gasteiger partial charge in [-0.15, -0.1) is 10.2 Å². The standard InChI is InChI=1S/C24H35N5O2/c1-6-18-7-9-19(10-8-18)21-15-28(23(30)31-24(3,4)5)14-13-27(21)16-22-26-25-17(2)29(22)20-11-12-20/h7-10,20-21H,6,11-16H2,1-5H3. The monoisotopic (exact) mass is 425 g/mol. The highest BCUT2D eigenvalue weighted by Gasteiger charge is 2.35. The molecule has 2 aliphatic rings. The van der Waals surface area contributed by atoms with E-state index in [1.165, 1.54) is 24.0 Å². The summed E-state index contributed by atoms with van der Waals surface area (Å²) in [5.74, 6) is 2.02. The highest BCUT2D eigenvalue weighted by Crippen LogP contribution is 2.37. The van der Waals surface area contributed by atoms with E-state index in [-0.39, 0.29) is 12.1 Å². The van der Waals surface area contributed by atoms with E-state index in [9.17, 15) is 4.79 Å². The van der Waals surface area contributed by atoms with Crippen molar-refractivity contribution in [1.82, 2.24) is 24.6 Å². The molecular weight excluding hydrogens is 390 g/mol. The number of piperazine rings is 1. The van der Waals surface area contributed by atoms with Crippen molar-refractivity contribution in [3.05, 3.63) is 47.0 Å². The second kappa shape index (κ2) is 8.61. The third-order valence-electron chi connectivity index (χ3n) is 6.11. The lowest BCUT2D eigenvalue weighted by Gasteiger charge is -2.41. The van der Waals surface area contributed by atoms with Crippen LogP contribution in [0.2, 0.25) is 0 Å². The van der Waals surface area contributed by atoms with Crippen LogP contribution in [0.15, 0.2) is 24.3 Å². The van der Waals surface area contributed by atoms with Gasteiger partial charge in [0.1, 0.15) is 17.2 Å². The first-order valence-corrected chi connectivity index (χ1v) is 11.5. The van der Waals surface area contributed by atoms with Crippen LogP contribution in [-0.4, -0.2) is 55.9 Å². The van der Waals surface area contributed by atoms with Crippen LogP contribution in [0.4, 0.5) is 4.79 Å². The normalized spacial score (nSPS) is 20.2. The summed E-state index contributed by atoms with van der Waals surface area (Å²) in [5.41, 5.74) is 2.05. The Kier molecular flexibility index (Phi) is 6.06. The Bertz CT molecular complexity index is 911. The van der Waals surface area contributed by atoms with Gasteiger partial charge in [-0.1, -0.05) is 31.2 Å². The number of rotatable bonds is 5. The molecule has 1 aliphatic carbocycles. The van der Waals surface area contributed by atoms with Gasteiger partial charge in [-0.2, -0.15) is 0 Å². The van der Waals surface area contributed by atoms with Crippen LogP contribution in [0, 0.1) is 6.92 Å². The Hall–Kier alpha value is -2.41. The van der Waals surface area contributed by atoms with Crippen molar-refractivity contribution < 1.29 is 9.53 Å². The van der Waals surface area contributed by atoms with Crippen LogP contribution in [0.5, 0.6) is 0 Å². The molecule has 31 heavy (non-hydrogen) atoms. The number of benzene rings is 1. The van der Waals surface area contributed by atoms with Crippen molar-refractivity contribution in [1.29, 1.82) is 0 Å². The Labute approximate surface area is 185 Å². The quantitative estimate of drug-likeness (QED) is 0.716. The number of ether oxygens (including phenoxy) is 1. The first kappa shape index (κ1) is 21.8. The lowest BCUT2D eigenvalue weighted by molar-refractivity contribution is 0.00146.